The molecule has 7 heteroatoms. The van der Waals surface area contributed by atoms with Crippen LogP contribution >= 0.6 is 0 Å². The van der Waals surface area contributed by atoms with Crippen LogP contribution in [0.4, 0.5) is 0 Å². The maximum Gasteiger partial charge on any atom is 0.308 e. The van der Waals surface area contributed by atoms with Gasteiger partial charge in [-0.1, -0.05) is 0 Å². The maximum atomic E-state index is 10.6. The summed E-state index contributed by atoms with van der Waals surface area (Å²) < 4.78 is 4.56. The third-order valence-electron chi connectivity index (χ3n) is 1.94. The fourth-order valence-electron chi connectivity index (χ4n) is 1.09. The highest BCUT2D eigenvalue weighted by Crippen LogP contribution is 1.96. The molecule has 1 rings (SSSR count). The van der Waals surface area contributed by atoms with Gasteiger partial charge in [0.05, 0.1) is 31.7 Å². The van der Waals surface area contributed by atoms with Crippen molar-refractivity contribution in [3.63, 3.8) is 0 Å². The zero-order valence-corrected chi connectivity index (χ0v) is 9.89. The van der Waals surface area contributed by atoms with Gasteiger partial charge in [-0.15, -0.1) is 0 Å². The van der Waals surface area contributed by atoms with Crippen LogP contribution in [0.2, 0.25) is 0 Å². The minimum absolute atomic E-state index is 0.00958. The first kappa shape index (κ1) is 15.8. The maximum absolute atomic E-state index is 10.6. The van der Waals surface area contributed by atoms with Crippen molar-refractivity contribution in [3.05, 3.63) is 0 Å². The molecule has 0 bridgehead atoms. The highest BCUT2D eigenvalue weighted by Gasteiger charge is 2.17. The minimum atomic E-state index is -0.765. The number of nitrogens with one attached hydrogen (secondary N) is 1. The predicted octanol–water partition coefficient (Wildman–Crippen LogP) is -1.87. The molecular formula is C10H20N2O5. The smallest absolute Gasteiger partial charge is 0.308 e. The normalized spacial score (nSPS) is 20.0. The minimum Gasteiger partial charge on any atom is -0.466 e. The topological polar surface area (TPSA) is 122 Å². The molecule has 0 aromatic heterocycles. The Morgan fingerprint density at radius 2 is 2.35 bits per heavy atom. The summed E-state index contributed by atoms with van der Waals surface area (Å²) in [4.78, 5) is 20.8. The van der Waals surface area contributed by atoms with Gasteiger partial charge in [0.2, 0.25) is 5.91 Å². The highest BCUT2D eigenvalue weighted by atomic mass is 16.5. The molecule has 7 nitrogen and oxygen atoms in total. The SMILES string of the molecule is CCOC(=O)C[C@H](O)CN.O=C1C[C@H](O)CN1. The van der Waals surface area contributed by atoms with Gasteiger partial charge < -0.3 is 26.0 Å². The van der Waals surface area contributed by atoms with Gasteiger partial charge in [0.15, 0.2) is 0 Å². The Bertz CT molecular complexity index is 247. The van der Waals surface area contributed by atoms with Gasteiger partial charge in [-0.2, -0.15) is 0 Å². The van der Waals surface area contributed by atoms with Crippen molar-refractivity contribution in [3.8, 4) is 0 Å². The Morgan fingerprint density at radius 1 is 1.71 bits per heavy atom. The number of aliphatic hydroxyl groups is 2. The summed E-state index contributed by atoms with van der Waals surface area (Å²) in [5.74, 6) is -0.451. The first-order valence-electron chi connectivity index (χ1n) is 5.48. The van der Waals surface area contributed by atoms with Crippen molar-refractivity contribution in [2.45, 2.75) is 32.0 Å². The quantitative estimate of drug-likeness (QED) is 0.432. The second-order valence-corrected chi connectivity index (χ2v) is 3.56. The lowest BCUT2D eigenvalue weighted by Gasteiger charge is -2.05. The van der Waals surface area contributed by atoms with Crippen molar-refractivity contribution >= 4 is 11.9 Å². The number of amides is 1. The number of β-amino-alcohol motifs (C(OH)–C–C–N with tert-alkyl or cyclic N) is 1. The molecule has 100 valence electrons. The van der Waals surface area contributed by atoms with Crippen molar-refractivity contribution in [1.29, 1.82) is 0 Å². The summed E-state index contributed by atoms with van der Waals surface area (Å²) >= 11 is 0. The van der Waals surface area contributed by atoms with E-state index in [0.29, 0.717) is 13.2 Å². The molecule has 0 aromatic rings. The van der Waals surface area contributed by atoms with Crippen LogP contribution in [0, 0.1) is 0 Å². The predicted molar refractivity (Wildman–Crippen MR) is 59.9 cm³/mol. The average Bonchev–Trinajstić information content (AvgIpc) is 2.63. The van der Waals surface area contributed by atoms with Crippen LogP contribution in [0.25, 0.3) is 0 Å². The summed E-state index contributed by atoms with van der Waals surface area (Å²) in [6, 6.07) is 0. The second-order valence-electron chi connectivity index (χ2n) is 3.56. The lowest BCUT2D eigenvalue weighted by atomic mass is 10.2. The molecule has 0 aliphatic carbocycles. The fraction of sp³-hybridized carbons (Fsp3) is 0.800. The fourth-order valence-corrected chi connectivity index (χ4v) is 1.09. The molecule has 0 unspecified atom stereocenters. The van der Waals surface area contributed by atoms with Gasteiger partial charge in [-0.25, -0.2) is 0 Å². The summed E-state index contributed by atoms with van der Waals surface area (Å²) in [6.07, 6.45) is -0.934. The van der Waals surface area contributed by atoms with E-state index in [0.717, 1.165) is 0 Å². The largest absolute Gasteiger partial charge is 0.466 e. The van der Waals surface area contributed by atoms with E-state index in [9.17, 15) is 9.59 Å². The molecule has 1 fully saturated rings. The van der Waals surface area contributed by atoms with Gasteiger partial charge in [0.1, 0.15) is 0 Å². The number of rotatable bonds is 4. The summed E-state index contributed by atoms with van der Waals surface area (Å²) in [5.41, 5.74) is 5.06. The number of carbonyl (C=O) groups is 2. The molecule has 0 aromatic carbocycles. The number of ether oxygens (including phenoxy) is 1. The van der Waals surface area contributed by atoms with E-state index in [-0.39, 0.29) is 25.3 Å². The molecule has 1 aliphatic heterocycles. The van der Waals surface area contributed by atoms with Crippen LogP contribution in [-0.2, 0) is 14.3 Å². The van der Waals surface area contributed by atoms with Gasteiger partial charge in [-0.3, -0.25) is 9.59 Å². The van der Waals surface area contributed by atoms with Gasteiger partial charge in [0.25, 0.3) is 0 Å². The van der Waals surface area contributed by atoms with Crippen LogP contribution < -0.4 is 11.1 Å². The molecule has 5 N–H and O–H groups in total. The molecule has 0 saturated carbocycles. The number of hydrogen-bond donors (Lipinski definition) is 4. The van der Waals surface area contributed by atoms with Crippen molar-refractivity contribution in [2.24, 2.45) is 5.73 Å². The van der Waals surface area contributed by atoms with Crippen molar-refractivity contribution < 1.29 is 24.5 Å². The molecule has 1 saturated heterocycles. The third-order valence-corrected chi connectivity index (χ3v) is 1.94. The highest BCUT2D eigenvalue weighted by molar-refractivity contribution is 5.78. The lowest BCUT2D eigenvalue weighted by molar-refractivity contribution is -0.145. The Labute approximate surface area is 99.9 Å². The van der Waals surface area contributed by atoms with E-state index in [2.05, 4.69) is 10.1 Å². The monoisotopic (exact) mass is 248 g/mol. The van der Waals surface area contributed by atoms with Crippen LogP contribution in [-0.4, -0.2) is 54.0 Å². The van der Waals surface area contributed by atoms with E-state index in [1.54, 1.807) is 6.92 Å². The average molecular weight is 248 g/mol. The molecular weight excluding hydrogens is 228 g/mol. The van der Waals surface area contributed by atoms with E-state index in [4.69, 9.17) is 15.9 Å². The van der Waals surface area contributed by atoms with Crippen molar-refractivity contribution in [2.75, 3.05) is 19.7 Å². The second kappa shape index (κ2) is 8.91. The van der Waals surface area contributed by atoms with E-state index in [1.165, 1.54) is 0 Å². The van der Waals surface area contributed by atoms with Gasteiger partial charge in [0, 0.05) is 13.1 Å². The summed E-state index contributed by atoms with van der Waals surface area (Å²) in [7, 11) is 0. The lowest BCUT2D eigenvalue weighted by Crippen LogP contribution is -2.23. The van der Waals surface area contributed by atoms with E-state index < -0.39 is 18.2 Å². The Hall–Kier alpha value is -1.18. The Morgan fingerprint density at radius 3 is 2.65 bits per heavy atom. The molecule has 1 heterocycles. The number of nitrogens with two attached hydrogens (primary N) is 1. The van der Waals surface area contributed by atoms with Crippen LogP contribution in [0.3, 0.4) is 0 Å². The van der Waals surface area contributed by atoms with Crippen LogP contribution in [0.5, 0.6) is 0 Å². The number of esters is 1. The van der Waals surface area contributed by atoms with E-state index in [1.807, 2.05) is 0 Å². The Balaban J connectivity index is 0.000000318. The molecule has 0 radical (unpaired) electrons. The molecule has 1 aliphatic rings. The molecule has 17 heavy (non-hydrogen) atoms. The summed E-state index contributed by atoms with van der Waals surface area (Å²) in [5, 5.41) is 19.9. The molecule has 1 amide bonds. The number of carbonyl (C=O) groups excluding carboxylic acids is 2. The zero-order chi connectivity index (χ0) is 13.3. The van der Waals surface area contributed by atoms with Gasteiger partial charge in [-0.05, 0) is 6.92 Å². The number of hydrogen-bond acceptors (Lipinski definition) is 6. The van der Waals surface area contributed by atoms with Crippen molar-refractivity contribution in [1.82, 2.24) is 5.32 Å². The summed E-state index contributed by atoms with van der Waals surface area (Å²) in [6.45, 7) is 2.58. The Kier molecular flexibility index (Phi) is 8.29. The van der Waals surface area contributed by atoms with Gasteiger partial charge >= 0.3 is 5.97 Å². The zero-order valence-electron chi connectivity index (χ0n) is 9.89. The van der Waals surface area contributed by atoms with Crippen LogP contribution in [0.15, 0.2) is 0 Å². The first-order valence-corrected chi connectivity index (χ1v) is 5.48. The molecule has 2 atom stereocenters. The van der Waals surface area contributed by atoms with E-state index >= 15 is 0 Å². The number of aliphatic hydroxyl groups excluding tert-OH is 2. The first-order chi connectivity index (χ1) is 7.99. The standard InChI is InChI=1S/C6H13NO3.C4H7NO2/c1-2-10-6(9)3-5(8)4-7;6-3-1-4(7)5-2-3/h5,8H,2-4,7H2,1H3;3,6H,1-2H2,(H,5,7)/t5-;3-/m00/s1. The third kappa shape index (κ3) is 8.61. The van der Waals surface area contributed by atoms with Crippen LogP contribution in [0.1, 0.15) is 19.8 Å². The molecule has 0 spiro atoms.